The minimum absolute atomic E-state index is 0.0681. The topological polar surface area (TPSA) is 29.3 Å². The molecular formula is C13H15F3N2. The molecule has 0 aromatic heterocycles. The molecule has 1 aliphatic carbocycles. The molecule has 0 amide bonds. The van der Waals surface area contributed by atoms with Crippen LogP contribution in [-0.2, 0) is 6.18 Å². The third-order valence-electron chi connectivity index (χ3n) is 4.17. The summed E-state index contributed by atoms with van der Waals surface area (Å²) in [7, 11) is 0. The van der Waals surface area contributed by atoms with Crippen LogP contribution in [0.1, 0.15) is 18.4 Å². The molecule has 2 saturated heterocycles. The Labute approximate surface area is 104 Å². The lowest BCUT2D eigenvalue weighted by Gasteiger charge is -2.30. The predicted molar refractivity (Wildman–Crippen MR) is 63.3 cm³/mol. The zero-order valence-electron chi connectivity index (χ0n) is 9.82. The van der Waals surface area contributed by atoms with E-state index in [2.05, 4.69) is 0 Å². The van der Waals surface area contributed by atoms with Crippen LogP contribution >= 0.6 is 0 Å². The summed E-state index contributed by atoms with van der Waals surface area (Å²) in [5, 5.41) is 0. The maximum atomic E-state index is 13.0. The Balaban J connectivity index is 2.02. The van der Waals surface area contributed by atoms with Crippen LogP contribution in [0.5, 0.6) is 0 Å². The van der Waals surface area contributed by atoms with Gasteiger partial charge in [-0.2, -0.15) is 13.2 Å². The molecule has 1 unspecified atom stereocenters. The minimum Gasteiger partial charge on any atom is -0.363 e. The molecule has 3 fully saturated rings. The lowest BCUT2D eigenvalue weighted by molar-refractivity contribution is -0.137. The summed E-state index contributed by atoms with van der Waals surface area (Å²) in [6.07, 6.45) is -2.34. The van der Waals surface area contributed by atoms with Crippen molar-refractivity contribution in [1.82, 2.24) is 0 Å². The van der Waals surface area contributed by atoms with Gasteiger partial charge < -0.3 is 10.6 Å². The average Bonchev–Trinajstić information content (AvgIpc) is 2.80. The second kappa shape index (κ2) is 3.88. The fourth-order valence-electron chi connectivity index (χ4n) is 3.29. The molecule has 1 saturated carbocycles. The maximum absolute atomic E-state index is 13.0. The number of hydrogen-bond donors (Lipinski definition) is 1. The predicted octanol–water partition coefficient (Wildman–Crippen LogP) is 2.63. The van der Waals surface area contributed by atoms with Crippen molar-refractivity contribution < 1.29 is 13.2 Å². The van der Waals surface area contributed by atoms with Gasteiger partial charge in [-0.25, -0.2) is 0 Å². The molecule has 0 radical (unpaired) electrons. The summed E-state index contributed by atoms with van der Waals surface area (Å²) in [4.78, 5) is 1.90. The molecule has 0 spiro atoms. The molecule has 1 atom stereocenters. The number of para-hydroxylation sites is 1. The van der Waals surface area contributed by atoms with Crippen LogP contribution in [0.15, 0.2) is 24.3 Å². The van der Waals surface area contributed by atoms with Crippen molar-refractivity contribution in [3.8, 4) is 0 Å². The highest BCUT2D eigenvalue weighted by Gasteiger charge is 2.51. The Morgan fingerprint density at radius 2 is 1.89 bits per heavy atom. The normalized spacial score (nSPS) is 30.4. The quantitative estimate of drug-likeness (QED) is 0.881. The first-order chi connectivity index (χ1) is 8.52. The van der Waals surface area contributed by atoms with Gasteiger partial charge in [-0.05, 0) is 30.9 Å². The number of halogens is 3. The van der Waals surface area contributed by atoms with Crippen LogP contribution in [0.3, 0.4) is 0 Å². The van der Waals surface area contributed by atoms with Gasteiger partial charge in [0.05, 0.1) is 5.56 Å². The van der Waals surface area contributed by atoms with E-state index in [0.717, 1.165) is 18.9 Å². The number of alkyl halides is 3. The van der Waals surface area contributed by atoms with Crippen LogP contribution in [0.25, 0.3) is 0 Å². The fourth-order valence-corrected chi connectivity index (χ4v) is 3.29. The van der Waals surface area contributed by atoms with E-state index in [1.807, 2.05) is 4.90 Å². The summed E-state index contributed by atoms with van der Waals surface area (Å²) in [6.45, 7) is 0.424. The van der Waals surface area contributed by atoms with Crippen LogP contribution in [0, 0.1) is 5.92 Å². The summed E-state index contributed by atoms with van der Waals surface area (Å²) in [6, 6.07) is 6.12. The Bertz CT molecular complexity index is 452. The Morgan fingerprint density at radius 1 is 1.22 bits per heavy atom. The molecule has 3 aliphatic rings. The molecule has 2 heterocycles. The lowest BCUT2D eigenvalue weighted by Crippen LogP contribution is -2.37. The number of fused-ring (bicyclic) bond motifs is 1. The van der Waals surface area contributed by atoms with Gasteiger partial charge in [0.15, 0.2) is 0 Å². The summed E-state index contributed by atoms with van der Waals surface area (Å²) in [5.74, 6) is 0.473. The highest BCUT2D eigenvalue weighted by atomic mass is 19.4. The van der Waals surface area contributed by atoms with Gasteiger partial charge in [0, 0.05) is 24.3 Å². The number of nitrogens with zero attached hydrogens (tertiary/aromatic N) is 1. The first kappa shape index (κ1) is 11.8. The maximum Gasteiger partial charge on any atom is 0.418 e. The van der Waals surface area contributed by atoms with E-state index in [1.165, 1.54) is 6.07 Å². The molecule has 2 aliphatic heterocycles. The molecular weight excluding hydrogens is 241 g/mol. The van der Waals surface area contributed by atoms with Gasteiger partial charge in [-0.1, -0.05) is 12.1 Å². The monoisotopic (exact) mass is 256 g/mol. The second-order valence-electron chi connectivity index (χ2n) is 5.11. The number of anilines is 1. The molecule has 2 nitrogen and oxygen atoms in total. The Kier molecular flexibility index (Phi) is 2.55. The van der Waals surface area contributed by atoms with Crippen molar-refractivity contribution in [3.63, 3.8) is 0 Å². The van der Waals surface area contributed by atoms with Crippen molar-refractivity contribution in [3.05, 3.63) is 29.8 Å². The van der Waals surface area contributed by atoms with Crippen LogP contribution in [-0.4, -0.2) is 18.6 Å². The van der Waals surface area contributed by atoms with Crippen molar-refractivity contribution in [2.24, 2.45) is 11.7 Å². The number of nitrogens with two attached hydrogens (primary N) is 1. The largest absolute Gasteiger partial charge is 0.418 e. The number of benzene rings is 1. The van der Waals surface area contributed by atoms with E-state index < -0.39 is 11.7 Å². The first-order valence-electron chi connectivity index (χ1n) is 6.17. The smallest absolute Gasteiger partial charge is 0.363 e. The molecule has 98 valence electrons. The van der Waals surface area contributed by atoms with Gasteiger partial charge >= 0.3 is 6.18 Å². The number of rotatable bonds is 2. The Morgan fingerprint density at radius 3 is 2.50 bits per heavy atom. The molecule has 18 heavy (non-hydrogen) atoms. The molecule has 2 N–H and O–H groups in total. The molecule has 4 rings (SSSR count). The van der Waals surface area contributed by atoms with Crippen LogP contribution in [0.2, 0.25) is 0 Å². The fraction of sp³-hybridized carbons (Fsp3) is 0.538. The molecule has 5 heteroatoms. The van der Waals surface area contributed by atoms with E-state index in [0.29, 0.717) is 18.2 Å². The second-order valence-corrected chi connectivity index (χ2v) is 5.11. The average molecular weight is 256 g/mol. The first-order valence-corrected chi connectivity index (χ1v) is 6.17. The standard InChI is InChI=1S/C13H15F3N2/c14-13(15,16)10-3-1-2-4-11(10)18-9-5-8(6-9)12(18)7-17/h1-4,8-9,12H,5-7,17H2. The van der Waals surface area contributed by atoms with Crippen molar-refractivity contribution in [2.75, 3.05) is 11.4 Å². The third kappa shape index (κ3) is 1.61. The van der Waals surface area contributed by atoms with Crippen molar-refractivity contribution in [2.45, 2.75) is 31.1 Å². The van der Waals surface area contributed by atoms with Gasteiger partial charge in [-0.3, -0.25) is 0 Å². The van der Waals surface area contributed by atoms with E-state index in [-0.39, 0.29) is 12.1 Å². The SMILES string of the molecule is NCC1C2CC(C2)N1c1ccccc1C(F)(F)F. The van der Waals surface area contributed by atoms with E-state index >= 15 is 0 Å². The van der Waals surface area contributed by atoms with E-state index in [9.17, 15) is 13.2 Å². The van der Waals surface area contributed by atoms with Crippen molar-refractivity contribution in [1.29, 1.82) is 0 Å². The zero-order valence-corrected chi connectivity index (χ0v) is 9.82. The highest BCUT2D eigenvalue weighted by Crippen LogP contribution is 2.50. The molecule has 2 bridgehead atoms. The number of hydrogen-bond acceptors (Lipinski definition) is 2. The van der Waals surface area contributed by atoms with Crippen molar-refractivity contribution >= 4 is 5.69 Å². The lowest BCUT2D eigenvalue weighted by atomic mass is 9.83. The van der Waals surface area contributed by atoms with Crippen LogP contribution < -0.4 is 10.6 Å². The summed E-state index contributed by atoms with van der Waals surface area (Å²) in [5.41, 5.74) is 5.47. The van der Waals surface area contributed by atoms with Crippen LogP contribution in [0.4, 0.5) is 18.9 Å². The third-order valence-corrected chi connectivity index (χ3v) is 4.17. The van der Waals surface area contributed by atoms with Gasteiger partial charge in [0.2, 0.25) is 0 Å². The van der Waals surface area contributed by atoms with Gasteiger partial charge in [0.1, 0.15) is 0 Å². The highest BCUT2D eigenvalue weighted by molar-refractivity contribution is 5.59. The van der Waals surface area contributed by atoms with Gasteiger partial charge in [0.25, 0.3) is 0 Å². The summed E-state index contributed by atoms with van der Waals surface area (Å²) >= 11 is 0. The Hall–Kier alpha value is -1.23. The van der Waals surface area contributed by atoms with E-state index in [4.69, 9.17) is 5.73 Å². The van der Waals surface area contributed by atoms with E-state index in [1.54, 1.807) is 12.1 Å². The zero-order chi connectivity index (χ0) is 12.9. The minimum atomic E-state index is -4.30. The molecule has 1 aromatic rings. The molecule has 1 aromatic carbocycles. The summed E-state index contributed by atoms with van der Waals surface area (Å²) < 4.78 is 39.0. The van der Waals surface area contributed by atoms with Gasteiger partial charge in [-0.15, -0.1) is 0 Å².